The largest absolute Gasteiger partial charge is 0.497 e. The van der Waals surface area contributed by atoms with Crippen LogP contribution in [0.4, 0.5) is 0 Å². The Morgan fingerprint density at radius 2 is 1.45 bits per heavy atom. The molecule has 1 aliphatic heterocycles. The van der Waals surface area contributed by atoms with Crippen molar-refractivity contribution in [2.45, 2.75) is 42.6 Å². The maximum atomic E-state index is 11.3. The van der Waals surface area contributed by atoms with Gasteiger partial charge in [-0.15, -0.1) is 0 Å². The van der Waals surface area contributed by atoms with Crippen molar-refractivity contribution in [1.29, 1.82) is 0 Å². The Balaban J connectivity index is 0.00000228. The first kappa shape index (κ1) is 22.9. The van der Waals surface area contributed by atoms with Crippen LogP contribution in [0.15, 0.2) is 72.8 Å². The number of aliphatic hydroxyl groups is 1. The number of piperidine rings is 1. The van der Waals surface area contributed by atoms with Gasteiger partial charge in [-0.05, 0) is 59.2 Å². The first-order valence-corrected chi connectivity index (χ1v) is 11.9. The third-order valence-electron chi connectivity index (χ3n) is 8.23. The molecule has 0 amide bonds. The van der Waals surface area contributed by atoms with Crippen LogP contribution < -0.4 is 4.74 Å². The second-order valence-electron chi connectivity index (χ2n) is 10.0. The van der Waals surface area contributed by atoms with Crippen molar-refractivity contribution in [3.8, 4) is 5.75 Å². The van der Waals surface area contributed by atoms with Crippen LogP contribution in [-0.2, 0) is 11.8 Å². The van der Waals surface area contributed by atoms with E-state index in [2.05, 4.69) is 65.6 Å². The lowest BCUT2D eigenvalue weighted by Gasteiger charge is -2.42. The van der Waals surface area contributed by atoms with Crippen LogP contribution >= 0.6 is 0 Å². The van der Waals surface area contributed by atoms with Crippen molar-refractivity contribution in [3.05, 3.63) is 101 Å². The van der Waals surface area contributed by atoms with Gasteiger partial charge in [0.2, 0.25) is 0 Å². The lowest BCUT2D eigenvalue weighted by atomic mass is 9.74. The number of methoxy groups -OCH3 is 1. The molecule has 2 aliphatic carbocycles. The minimum atomic E-state index is -0.619. The van der Waals surface area contributed by atoms with E-state index < -0.39 is 5.60 Å². The SMILES string of the molecule is COc1ccc(CC2(O)CCN(CC34CC(c5ccccc53)c3ccccc34)CC2)cc1.[Mg]. The normalized spacial score (nSPS) is 24.6. The highest BCUT2D eigenvalue weighted by Gasteiger charge is 2.53. The minimum absolute atomic E-state index is 0. The highest BCUT2D eigenvalue weighted by atomic mass is 24.3. The van der Waals surface area contributed by atoms with Crippen LogP contribution in [0.5, 0.6) is 5.75 Å². The maximum absolute atomic E-state index is 11.3. The molecule has 4 heteroatoms. The summed E-state index contributed by atoms with van der Waals surface area (Å²) in [5, 5.41) is 11.3. The van der Waals surface area contributed by atoms with Gasteiger partial charge in [0.25, 0.3) is 0 Å². The number of likely N-dealkylation sites (tertiary alicyclic amines) is 1. The zero-order valence-corrected chi connectivity index (χ0v) is 20.9. The summed E-state index contributed by atoms with van der Waals surface area (Å²) in [5.41, 5.74) is 6.78. The molecule has 1 N–H and O–H groups in total. The molecule has 0 saturated carbocycles. The second kappa shape index (κ2) is 8.73. The van der Waals surface area contributed by atoms with Crippen molar-refractivity contribution >= 4 is 23.1 Å². The number of hydrogen-bond donors (Lipinski definition) is 1. The van der Waals surface area contributed by atoms with Crippen LogP contribution in [0.25, 0.3) is 0 Å². The lowest BCUT2D eigenvalue weighted by Crippen LogP contribution is -2.49. The highest BCUT2D eigenvalue weighted by molar-refractivity contribution is 5.75. The summed E-state index contributed by atoms with van der Waals surface area (Å²) in [5.74, 6) is 1.40. The second-order valence-corrected chi connectivity index (χ2v) is 10.0. The molecule has 6 rings (SSSR count). The number of ether oxygens (including phenoxy) is 1. The van der Waals surface area contributed by atoms with E-state index in [-0.39, 0.29) is 28.5 Å². The summed E-state index contributed by atoms with van der Waals surface area (Å²) in [6.45, 7) is 2.95. The van der Waals surface area contributed by atoms with Gasteiger partial charge in [-0.25, -0.2) is 0 Å². The van der Waals surface area contributed by atoms with Crippen molar-refractivity contribution in [1.82, 2.24) is 4.90 Å². The monoisotopic (exact) mass is 449 g/mol. The Kier molecular flexibility index (Phi) is 6.07. The highest BCUT2D eigenvalue weighted by Crippen LogP contribution is 2.60. The third kappa shape index (κ3) is 3.81. The number of rotatable bonds is 5. The molecule has 1 saturated heterocycles. The average molecular weight is 450 g/mol. The summed E-state index contributed by atoms with van der Waals surface area (Å²) >= 11 is 0. The Morgan fingerprint density at radius 1 is 0.879 bits per heavy atom. The number of benzene rings is 3. The first-order chi connectivity index (χ1) is 15.6. The molecule has 3 aromatic carbocycles. The Hall–Kier alpha value is -1.85. The van der Waals surface area contributed by atoms with E-state index in [1.165, 1.54) is 34.2 Å². The number of hydrogen-bond acceptors (Lipinski definition) is 3. The third-order valence-corrected chi connectivity index (χ3v) is 8.23. The molecule has 0 aromatic heterocycles. The number of nitrogens with zero attached hydrogens (tertiary/aromatic N) is 1. The summed E-state index contributed by atoms with van der Waals surface area (Å²) in [4.78, 5) is 2.60. The van der Waals surface area contributed by atoms with Crippen LogP contribution in [-0.4, -0.2) is 65.4 Å². The fraction of sp³-hybridized carbons (Fsp3) is 0.379. The molecule has 2 bridgehead atoms. The molecular weight excluding hydrogens is 419 g/mol. The van der Waals surface area contributed by atoms with Crippen LogP contribution in [0.3, 0.4) is 0 Å². The fourth-order valence-electron chi connectivity index (χ4n) is 6.62. The quantitative estimate of drug-likeness (QED) is 0.581. The zero-order chi connectivity index (χ0) is 21.8. The maximum Gasteiger partial charge on any atom is 0.118 e. The smallest absolute Gasteiger partial charge is 0.118 e. The van der Waals surface area contributed by atoms with E-state index in [0.717, 1.165) is 38.2 Å². The van der Waals surface area contributed by atoms with Gasteiger partial charge in [0.1, 0.15) is 5.75 Å². The summed E-state index contributed by atoms with van der Waals surface area (Å²) in [7, 11) is 1.69. The Labute approximate surface area is 212 Å². The molecule has 3 aromatic rings. The van der Waals surface area contributed by atoms with Gasteiger partial charge < -0.3 is 14.7 Å². The Bertz CT molecular complexity index is 1090. The first-order valence-electron chi connectivity index (χ1n) is 11.9. The summed E-state index contributed by atoms with van der Waals surface area (Å²) in [6.07, 6.45) is 3.55. The molecular formula is C29H31MgNO2. The topological polar surface area (TPSA) is 32.7 Å². The van der Waals surface area contributed by atoms with E-state index >= 15 is 0 Å². The van der Waals surface area contributed by atoms with E-state index in [1.54, 1.807) is 7.11 Å². The van der Waals surface area contributed by atoms with E-state index in [0.29, 0.717) is 12.3 Å². The van der Waals surface area contributed by atoms with Crippen molar-refractivity contribution < 1.29 is 9.84 Å². The minimum Gasteiger partial charge on any atom is -0.497 e. The summed E-state index contributed by atoms with van der Waals surface area (Å²) in [6, 6.07) is 26.3. The molecule has 2 radical (unpaired) electrons. The van der Waals surface area contributed by atoms with Gasteiger partial charge in [-0.3, -0.25) is 0 Å². The van der Waals surface area contributed by atoms with Crippen LogP contribution in [0.1, 0.15) is 53.0 Å². The number of fused-ring (bicyclic) bond motifs is 8. The van der Waals surface area contributed by atoms with E-state index in [9.17, 15) is 5.11 Å². The van der Waals surface area contributed by atoms with Gasteiger partial charge >= 0.3 is 0 Å². The average Bonchev–Trinajstić information content (AvgIpc) is 3.34. The predicted octanol–water partition coefficient (Wildman–Crippen LogP) is 4.52. The van der Waals surface area contributed by atoms with Crippen molar-refractivity contribution in [2.75, 3.05) is 26.7 Å². The molecule has 33 heavy (non-hydrogen) atoms. The van der Waals surface area contributed by atoms with E-state index in [4.69, 9.17) is 4.74 Å². The van der Waals surface area contributed by atoms with Crippen molar-refractivity contribution in [3.63, 3.8) is 0 Å². The van der Waals surface area contributed by atoms with Gasteiger partial charge in [0.15, 0.2) is 0 Å². The molecule has 0 atom stereocenters. The molecule has 3 aliphatic rings. The molecule has 166 valence electrons. The molecule has 1 heterocycles. The van der Waals surface area contributed by atoms with Gasteiger partial charge in [0, 0.05) is 60.4 Å². The summed E-state index contributed by atoms with van der Waals surface area (Å²) < 4.78 is 5.27. The Morgan fingerprint density at radius 3 is 2.03 bits per heavy atom. The van der Waals surface area contributed by atoms with Gasteiger partial charge in [-0.2, -0.15) is 0 Å². The zero-order valence-electron chi connectivity index (χ0n) is 19.5. The molecule has 0 unspecified atom stereocenters. The predicted molar refractivity (Wildman–Crippen MR) is 133 cm³/mol. The van der Waals surface area contributed by atoms with E-state index in [1.807, 2.05) is 12.1 Å². The fourth-order valence-corrected chi connectivity index (χ4v) is 6.62. The molecule has 3 nitrogen and oxygen atoms in total. The lowest BCUT2D eigenvalue weighted by molar-refractivity contribution is -0.0237. The van der Waals surface area contributed by atoms with Gasteiger partial charge in [0.05, 0.1) is 12.7 Å². The standard InChI is InChI=1S/C29H31NO2.Mg/c1-32-22-12-10-21(11-13-22)18-28(31)14-16-30(17-15-28)20-29-19-25(23-6-2-4-8-26(23)29)24-7-3-5-9-27(24)29;/h2-13,25,31H,14-20H2,1H3;. The van der Waals surface area contributed by atoms with Gasteiger partial charge in [-0.1, -0.05) is 60.7 Å². The van der Waals surface area contributed by atoms with Crippen molar-refractivity contribution in [2.24, 2.45) is 0 Å². The molecule has 1 fully saturated rings. The van der Waals surface area contributed by atoms with Crippen LogP contribution in [0.2, 0.25) is 0 Å². The van der Waals surface area contributed by atoms with Crippen LogP contribution in [0, 0.1) is 0 Å². The molecule has 0 spiro atoms.